The van der Waals surface area contributed by atoms with Gasteiger partial charge in [0, 0.05) is 38.0 Å². The third-order valence-corrected chi connectivity index (χ3v) is 4.64. The Balaban J connectivity index is 1.71. The molecule has 0 radical (unpaired) electrons. The lowest BCUT2D eigenvalue weighted by atomic mass is 10.2. The Morgan fingerprint density at radius 3 is 2.69 bits per heavy atom. The molecule has 2 N–H and O–H groups in total. The van der Waals surface area contributed by atoms with Gasteiger partial charge in [0.15, 0.2) is 5.96 Å². The van der Waals surface area contributed by atoms with Crippen molar-refractivity contribution in [2.24, 2.45) is 4.99 Å². The van der Waals surface area contributed by atoms with Crippen LogP contribution in [0.5, 0.6) is 5.75 Å². The molecule has 1 aromatic heterocycles. The Morgan fingerprint density at radius 2 is 2.00 bits per heavy atom. The molecule has 158 valence electrons. The number of unbranched alkanes of at least 4 members (excludes halogenated alkanes) is 1. The summed E-state index contributed by atoms with van der Waals surface area (Å²) in [7, 11) is 1.72. The van der Waals surface area contributed by atoms with Crippen LogP contribution in [0, 0.1) is 12.7 Å². The van der Waals surface area contributed by atoms with Gasteiger partial charge in [-0.2, -0.15) is 0 Å². The maximum Gasteiger partial charge on any atom is 0.250 e. The fourth-order valence-corrected chi connectivity index (χ4v) is 2.94. The van der Waals surface area contributed by atoms with Gasteiger partial charge in [0.25, 0.3) is 5.56 Å². The van der Waals surface area contributed by atoms with Crippen molar-refractivity contribution in [3.05, 3.63) is 64.3 Å². The van der Waals surface area contributed by atoms with E-state index in [0.717, 1.165) is 31.5 Å². The number of ether oxygens (including phenoxy) is 1. The maximum absolute atomic E-state index is 13.3. The summed E-state index contributed by atoms with van der Waals surface area (Å²) < 4.78 is 20.9. The molecule has 0 spiro atoms. The summed E-state index contributed by atoms with van der Waals surface area (Å²) in [5, 5.41) is 6.52. The van der Waals surface area contributed by atoms with Crippen molar-refractivity contribution in [3.63, 3.8) is 0 Å². The SMILES string of the molecule is CCC(CNC(=NC)NCCCCn1c(C)cccc1=O)Oc1cccc(F)c1. The first-order chi connectivity index (χ1) is 14.0. The van der Waals surface area contributed by atoms with E-state index in [-0.39, 0.29) is 17.5 Å². The minimum atomic E-state index is -0.309. The smallest absolute Gasteiger partial charge is 0.250 e. The fourth-order valence-electron chi connectivity index (χ4n) is 2.94. The number of halogens is 1. The van der Waals surface area contributed by atoms with Crippen molar-refractivity contribution in [2.75, 3.05) is 20.1 Å². The standard InChI is InChI=1S/C22H31FN4O2/c1-4-19(29-20-11-8-10-18(23)15-20)16-26-22(24-3)25-13-5-6-14-27-17(2)9-7-12-21(27)28/h7-12,15,19H,4-6,13-14,16H2,1-3H3,(H2,24,25,26). The molecule has 1 aromatic carbocycles. The van der Waals surface area contributed by atoms with E-state index >= 15 is 0 Å². The number of hydrogen-bond acceptors (Lipinski definition) is 3. The van der Waals surface area contributed by atoms with Gasteiger partial charge in [0.1, 0.15) is 17.7 Å². The number of nitrogens with zero attached hydrogens (tertiary/aromatic N) is 2. The second-order valence-electron chi connectivity index (χ2n) is 6.85. The molecule has 1 atom stereocenters. The van der Waals surface area contributed by atoms with Gasteiger partial charge >= 0.3 is 0 Å². The van der Waals surface area contributed by atoms with Crippen LogP contribution in [0.4, 0.5) is 4.39 Å². The van der Waals surface area contributed by atoms with Crippen LogP contribution in [0.1, 0.15) is 31.9 Å². The van der Waals surface area contributed by atoms with Gasteiger partial charge in [-0.3, -0.25) is 9.79 Å². The highest BCUT2D eigenvalue weighted by atomic mass is 19.1. The zero-order valence-corrected chi connectivity index (χ0v) is 17.5. The molecule has 0 saturated heterocycles. The maximum atomic E-state index is 13.3. The van der Waals surface area contributed by atoms with Crippen LogP contribution >= 0.6 is 0 Å². The minimum absolute atomic E-state index is 0.0411. The Bertz CT molecular complexity index is 851. The quantitative estimate of drug-likeness (QED) is 0.364. The number of rotatable bonds is 10. The highest BCUT2D eigenvalue weighted by molar-refractivity contribution is 5.79. The molecule has 0 fully saturated rings. The topological polar surface area (TPSA) is 67.7 Å². The van der Waals surface area contributed by atoms with Crippen LogP contribution in [0.3, 0.4) is 0 Å². The van der Waals surface area contributed by atoms with Crippen molar-refractivity contribution >= 4 is 5.96 Å². The number of guanidine groups is 1. The lowest BCUT2D eigenvalue weighted by Crippen LogP contribution is -2.42. The van der Waals surface area contributed by atoms with Crippen molar-refractivity contribution in [2.45, 2.75) is 45.8 Å². The summed E-state index contributed by atoms with van der Waals surface area (Å²) >= 11 is 0. The van der Waals surface area contributed by atoms with E-state index in [0.29, 0.717) is 24.8 Å². The molecule has 2 aromatic rings. The van der Waals surface area contributed by atoms with E-state index in [1.165, 1.54) is 12.1 Å². The molecule has 0 aliphatic rings. The van der Waals surface area contributed by atoms with E-state index in [9.17, 15) is 9.18 Å². The zero-order chi connectivity index (χ0) is 21.1. The average molecular weight is 403 g/mol. The van der Waals surface area contributed by atoms with Crippen LogP contribution in [0.2, 0.25) is 0 Å². The minimum Gasteiger partial charge on any atom is -0.489 e. The molecule has 0 aliphatic carbocycles. The zero-order valence-electron chi connectivity index (χ0n) is 17.5. The van der Waals surface area contributed by atoms with Crippen LogP contribution in [-0.4, -0.2) is 36.8 Å². The van der Waals surface area contributed by atoms with E-state index < -0.39 is 0 Å². The number of pyridine rings is 1. The molecule has 2 rings (SSSR count). The van der Waals surface area contributed by atoms with Crippen LogP contribution < -0.4 is 20.9 Å². The molecular weight excluding hydrogens is 371 g/mol. The van der Waals surface area contributed by atoms with Crippen LogP contribution in [-0.2, 0) is 6.54 Å². The van der Waals surface area contributed by atoms with E-state index in [1.807, 2.05) is 19.9 Å². The molecule has 6 nitrogen and oxygen atoms in total. The summed E-state index contributed by atoms with van der Waals surface area (Å²) in [6.07, 6.45) is 2.50. The summed E-state index contributed by atoms with van der Waals surface area (Å²) in [4.78, 5) is 16.1. The Hall–Kier alpha value is -2.83. The van der Waals surface area contributed by atoms with Gasteiger partial charge < -0.3 is 19.9 Å². The van der Waals surface area contributed by atoms with Crippen molar-refractivity contribution in [1.29, 1.82) is 0 Å². The molecule has 1 unspecified atom stereocenters. The van der Waals surface area contributed by atoms with Gasteiger partial charge in [-0.05, 0) is 44.4 Å². The Morgan fingerprint density at radius 1 is 1.21 bits per heavy atom. The predicted octanol–water partition coefficient (Wildman–Crippen LogP) is 3.10. The predicted molar refractivity (Wildman–Crippen MR) is 115 cm³/mol. The summed E-state index contributed by atoms with van der Waals surface area (Å²) in [6, 6.07) is 11.5. The average Bonchev–Trinajstić information content (AvgIpc) is 2.70. The van der Waals surface area contributed by atoms with E-state index in [4.69, 9.17) is 4.74 Å². The number of aliphatic imine (C=N–C) groups is 1. The molecule has 0 saturated carbocycles. The second-order valence-corrected chi connectivity index (χ2v) is 6.85. The lowest BCUT2D eigenvalue weighted by Gasteiger charge is -2.20. The first kappa shape index (κ1) is 22.5. The van der Waals surface area contributed by atoms with Crippen molar-refractivity contribution in [3.8, 4) is 5.75 Å². The molecule has 0 amide bonds. The number of hydrogen-bond donors (Lipinski definition) is 2. The van der Waals surface area contributed by atoms with Gasteiger partial charge in [0.05, 0.1) is 6.54 Å². The number of aryl methyl sites for hydroxylation is 1. The van der Waals surface area contributed by atoms with Crippen molar-refractivity contribution < 1.29 is 9.13 Å². The number of aromatic nitrogens is 1. The first-order valence-electron chi connectivity index (χ1n) is 10.1. The van der Waals surface area contributed by atoms with Gasteiger partial charge in [-0.25, -0.2) is 4.39 Å². The largest absolute Gasteiger partial charge is 0.489 e. The second kappa shape index (κ2) is 11.9. The van der Waals surface area contributed by atoms with Gasteiger partial charge in [-0.1, -0.05) is 19.1 Å². The third kappa shape index (κ3) is 7.60. The molecule has 7 heteroatoms. The van der Waals surface area contributed by atoms with E-state index in [1.54, 1.807) is 35.9 Å². The van der Waals surface area contributed by atoms with Crippen LogP contribution in [0.15, 0.2) is 52.3 Å². The van der Waals surface area contributed by atoms with Gasteiger partial charge in [0.2, 0.25) is 0 Å². The molecule has 0 aliphatic heterocycles. The highest BCUT2D eigenvalue weighted by Crippen LogP contribution is 2.14. The normalized spacial score (nSPS) is 12.5. The molecule has 0 bridgehead atoms. The number of nitrogens with one attached hydrogen (secondary N) is 2. The molecule has 1 heterocycles. The van der Waals surface area contributed by atoms with Crippen LogP contribution in [0.25, 0.3) is 0 Å². The third-order valence-electron chi connectivity index (χ3n) is 4.64. The summed E-state index contributed by atoms with van der Waals surface area (Å²) in [5.74, 6) is 0.906. The Kier molecular flexibility index (Phi) is 9.21. The summed E-state index contributed by atoms with van der Waals surface area (Å²) in [6.45, 7) is 5.99. The van der Waals surface area contributed by atoms with E-state index in [2.05, 4.69) is 15.6 Å². The monoisotopic (exact) mass is 402 g/mol. The first-order valence-corrected chi connectivity index (χ1v) is 10.1. The van der Waals surface area contributed by atoms with Gasteiger partial charge in [-0.15, -0.1) is 0 Å². The summed E-state index contributed by atoms with van der Waals surface area (Å²) in [5.41, 5.74) is 1.02. The lowest BCUT2D eigenvalue weighted by molar-refractivity contribution is 0.199. The van der Waals surface area contributed by atoms with Crippen molar-refractivity contribution in [1.82, 2.24) is 15.2 Å². The highest BCUT2D eigenvalue weighted by Gasteiger charge is 2.10. The number of benzene rings is 1. The molecular formula is C22H31FN4O2. The fraction of sp³-hybridized carbons (Fsp3) is 0.455. The Labute approximate surface area is 171 Å². The molecule has 29 heavy (non-hydrogen) atoms.